The third-order valence-electron chi connectivity index (χ3n) is 2.61. The second-order valence-electron chi connectivity index (χ2n) is 4.24. The molecule has 0 heterocycles. The SMILES string of the molecule is CCCCCCNC(=O)/C=C/c1cccc(F)c1. The summed E-state index contributed by atoms with van der Waals surface area (Å²) in [5.41, 5.74) is 0.691. The Hall–Kier alpha value is -1.64. The van der Waals surface area contributed by atoms with E-state index in [-0.39, 0.29) is 11.7 Å². The molecule has 0 saturated carbocycles. The van der Waals surface area contributed by atoms with Crippen LogP contribution in [0.2, 0.25) is 0 Å². The van der Waals surface area contributed by atoms with Crippen molar-refractivity contribution in [1.82, 2.24) is 5.32 Å². The molecule has 0 aliphatic carbocycles. The third-order valence-corrected chi connectivity index (χ3v) is 2.61. The van der Waals surface area contributed by atoms with Crippen LogP contribution in [0.3, 0.4) is 0 Å². The molecule has 0 aliphatic heterocycles. The van der Waals surface area contributed by atoms with Gasteiger partial charge < -0.3 is 5.32 Å². The second-order valence-corrected chi connectivity index (χ2v) is 4.24. The first-order valence-electron chi connectivity index (χ1n) is 6.44. The molecule has 1 aromatic rings. The minimum atomic E-state index is -0.294. The van der Waals surface area contributed by atoms with Crippen molar-refractivity contribution in [2.45, 2.75) is 32.6 Å². The number of amides is 1. The van der Waals surface area contributed by atoms with E-state index in [4.69, 9.17) is 0 Å². The molecule has 98 valence electrons. The van der Waals surface area contributed by atoms with Crippen LogP contribution < -0.4 is 5.32 Å². The first-order chi connectivity index (χ1) is 8.72. The van der Waals surface area contributed by atoms with E-state index in [0.717, 1.165) is 12.8 Å². The second kappa shape index (κ2) is 8.45. The number of rotatable bonds is 7. The van der Waals surface area contributed by atoms with Gasteiger partial charge in [0, 0.05) is 12.6 Å². The van der Waals surface area contributed by atoms with Crippen LogP contribution in [0.25, 0.3) is 6.08 Å². The average molecular weight is 249 g/mol. The van der Waals surface area contributed by atoms with E-state index < -0.39 is 0 Å². The Balaban J connectivity index is 2.27. The molecule has 0 saturated heterocycles. The topological polar surface area (TPSA) is 29.1 Å². The van der Waals surface area contributed by atoms with Crippen molar-refractivity contribution >= 4 is 12.0 Å². The van der Waals surface area contributed by atoms with Gasteiger partial charge >= 0.3 is 0 Å². The molecule has 0 aliphatic rings. The minimum Gasteiger partial charge on any atom is -0.353 e. The zero-order valence-electron chi connectivity index (χ0n) is 10.8. The molecule has 0 fully saturated rings. The first kappa shape index (κ1) is 14.4. The first-order valence-corrected chi connectivity index (χ1v) is 6.44. The van der Waals surface area contributed by atoms with E-state index in [0.29, 0.717) is 12.1 Å². The Morgan fingerprint density at radius 3 is 2.89 bits per heavy atom. The van der Waals surface area contributed by atoms with Gasteiger partial charge in [-0.15, -0.1) is 0 Å². The fourth-order valence-corrected chi connectivity index (χ4v) is 1.60. The number of carbonyl (C=O) groups excluding carboxylic acids is 1. The van der Waals surface area contributed by atoms with Crippen molar-refractivity contribution < 1.29 is 9.18 Å². The van der Waals surface area contributed by atoms with Crippen molar-refractivity contribution in [3.8, 4) is 0 Å². The number of hydrogen-bond donors (Lipinski definition) is 1. The largest absolute Gasteiger partial charge is 0.353 e. The molecule has 18 heavy (non-hydrogen) atoms. The van der Waals surface area contributed by atoms with E-state index in [1.165, 1.54) is 31.1 Å². The Morgan fingerprint density at radius 2 is 2.17 bits per heavy atom. The molecule has 0 unspecified atom stereocenters. The number of hydrogen-bond acceptors (Lipinski definition) is 1. The normalized spacial score (nSPS) is 10.8. The van der Waals surface area contributed by atoms with Crippen LogP contribution in [0.1, 0.15) is 38.2 Å². The summed E-state index contributed by atoms with van der Waals surface area (Å²) < 4.78 is 12.9. The maximum absolute atomic E-state index is 12.9. The van der Waals surface area contributed by atoms with Crippen LogP contribution in [0, 0.1) is 5.82 Å². The smallest absolute Gasteiger partial charge is 0.243 e. The molecule has 0 atom stereocenters. The van der Waals surface area contributed by atoms with Gasteiger partial charge in [-0.2, -0.15) is 0 Å². The van der Waals surface area contributed by atoms with Crippen molar-refractivity contribution in [2.75, 3.05) is 6.54 Å². The summed E-state index contributed by atoms with van der Waals surface area (Å²) in [6.45, 7) is 2.85. The summed E-state index contributed by atoms with van der Waals surface area (Å²) in [4.78, 5) is 11.4. The van der Waals surface area contributed by atoms with Gasteiger partial charge in [0.15, 0.2) is 0 Å². The number of nitrogens with one attached hydrogen (secondary N) is 1. The van der Waals surface area contributed by atoms with Gasteiger partial charge in [-0.05, 0) is 30.2 Å². The fraction of sp³-hybridized carbons (Fsp3) is 0.400. The molecular formula is C15H20FNO. The van der Waals surface area contributed by atoms with Gasteiger partial charge in [0.1, 0.15) is 5.82 Å². The average Bonchev–Trinajstić information content (AvgIpc) is 2.36. The Kier molecular flexibility index (Phi) is 6.77. The predicted octanol–water partition coefficient (Wildman–Crippen LogP) is 3.54. The van der Waals surface area contributed by atoms with E-state index in [9.17, 15) is 9.18 Å². The van der Waals surface area contributed by atoms with Crippen LogP contribution in [0.15, 0.2) is 30.3 Å². The molecule has 1 aromatic carbocycles. The lowest BCUT2D eigenvalue weighted by Gasteiger charge is -2.01. The zero-order chi connectivity index (χ0) is 13.2. The molecule has 1 N–H and O–H groups in total. The van der Waals surface area contributed by atoms with E-state index >= 15 is 0 Å². The lowest BCUT2D eigenvalue weighted by Crippen LogP contribution is -2.21. The van der Waals surface area contributed by atoms with Gasteiger partial charge in [0.2, 0.25) is 5.91 Å². The molecule has 0 spiro atoms. The van der Waals surface area contributed by atoms with Crippen LogP contribution in [0.4, 0.5) is 4.39 Å². The molecule has 1 rings (SSSR count). The highest BCUT2D eigenvalue weighted by atomic mass is 19.1. The van der Waals surface area contributed by atoms with Gasteiger partial charge in [0.25, 0.3) is 0 Å². The maximum atomic E-state index is 12.9. The lowest BCUT2D eigenvalue weighted by molar-refractivity contribution is -0.116. The summed E-state index contributed by atoms with van der Waals surface area (Å²) >= 11 is 0. The summed E-state index contributed by atoms with van der Waals surface area (Å²) in [5, 5.41) is 2.81. The number of carbonyl (C=O) groups is 1. The van der Waals surface area contributed by atoms with Crippen LogP contribution in [-0.2, 0) is 4.79 Å². The van der Waals surface area contributed by atoms with Crippen LogP contribution >= 0.6 is 0 Å². The summed E-state index contributed by atoms with van der Waals surface area (Å²) in [6, 6.07) is 6.15. The van der Waals surface area contributed by atoms with Crippen molar-refractivity contribution in [2.24, 2.45) is 0 Å². The Labute approximate surface area is 108 Å². The van der Waals surface area contributed by atoms with E-state index in [1.807, 2.05) is 0 Å². The number of unbranched alkanes of at least 4 members (excludes halogenated alkanes) is 3. The zero-order valence-corrected chi connectivity index (χ0v) is 10.8. The van der Waals surface area contributed by atoms with E-state index in [1.54, 1.807) is 18.2 Å². The standard InChI is InChI=1S/C15H20FNO/c1-2-3-4-5-11-17-15(18)10-9-13-7-6-8-14(16)12-13/h6-10,12H,2-5,11H2,1H3,(H,17,18)/b10-9+. The van der Waals surface area contributed by atoms with Gasteiger partial charge in [-0.1, -0.05) is 38.3 Å². The molecule has 0 bridgehead atoms. The molecule has 0 radical (unpaired) electrons. The summed E-state index contributed by atoms with van der Waals surface area (Å²) in [5.74, 6) is -0.423. The third kappa shape index (κ3) is 6.18. The number of benzene rings is 1. The van der Waals surface area contributed by atoms with Crippen molar-refractivity contribution in [3.63, 3.8) is 0 Å². The summed E-state index contributed by atoms with van der Waals surface area (Å²) in [7, 11) is 0. The highest BCUT2D eigenvalue weighted by Crippen LogP contribution is 2.05. The van der Waals surface area contributed by atoms with Crippen molar-refractivity contribution in [3.05, 3.63) is 41.7 Å². The fourth-order valence-electron chi connectivity index (χ4n) is 1.60. The van der Waals surface area contributed by atoms with Gasteiger partial charge in [-0.3, -0.25) is 4.79 Å². The Morgan fingerprint density at radius 1 is 1.33 bits per heavy atom. The Bertz CT molecular complexity index is 401. The highest BCUT2D eigenvalue weighted by molar-refractivity contribution is 5.91. The van der Waals surface area contributed by atoms with E-state index in [2.05, 4.69) is 12.2 Å². The van der Waals surface area contributed by atoms with Gasteiger partial charge in [-0.25, -0.2) is 4.39 Å². The van der Waals surface area contributed by atoms with Crippen LogP contribution in [0.5, 0.6) is 0 Å². The molecule has 2 nitrogen and oxygen atoms in total. The quantitative estimate of drug-likeness (QED) is 0.581. The van der Waals surface area contributed by atoms with Gasteiger partial charge in [0.05, 0.1) is 0 Å². The highest BCUT2D eigenvalue weighted by Gasteiger charge is 1.95. The van der Waals surface area contributed by atoms with Crippen molar-refractivity contribution in [1.29, 1.82) is 0 Å². The number of halogens is 1. The molecule has 3 heteroatoms. The maximum Gasteiger partial charge on any atom is 0.243 e. The summed E-state index contributed by atoms with van der Waals surface area (Å²) in [6.07, 6.45) is 7.60. The predicted molar refractivity (Wildman–Crippen MR) is 72.6 cm³/mol. The van der Waals surface area contributed by atoms with Crippen LogP contribution in [-0.4, -0.2) is 12.5 Å². The lowest BCUT2D eigenvalue weighted by atomic mass is 10.2. The monoisotopic (exact) mass is 249 g/mol. The molecular weight excluding hydrogens is 229 g/mol. The molecule has 0 aromatic heterocycles. The molecule has 1 amide bonds. The minimum absolute atomic E-state index is 0.129.